The first-order chi connectivity index (χ1) is 21.4. The van der Waals surface area contributed by atoms with Crippen LogP contribution >= 0.6 is 11.3 Å². The first-order valence-corrected chi connectivity index (χ1v) is 14.9. The zero-order chi connectivity index (χ0) is 30.5. The molecule has 6 aromatic rings. The van der Waals surface area contributed by atoms with Gasteiger partial charge in [0.25, 0.3) is 0 Å². The minimum absolute atomic E-state index is 0.0508. The van der Waals surface area contributed by atoms with Crippen molar-refractivity contribution in [3.05, 3.63) is 71.4 Å². The van der Waals surface area contributed by atoms with E-state index >= 15 is 4.39 Å². The first kappa shape index (κ1) is 27.9. The Morgan fingerprint density at radius 2 is 1.93 bits per heavy atom. The molecule has 5 heterocycles. The molecule has 1 atom stereocenters. The van der Waals surface area contributed by atoms with Crippen molar-refractivity contribution < 1.29 is 18.3 Å². The Morgan fingerprint density at radius 3 is 2.75 bits per heavy atom. The lowest BCUT2D eigenvalue weighted by atomic mass is 9.96. The number of fused-ring (bicyclic) bond motifs is 3. The van der Waals surface area contributed by atoms with E-state index in [2.05, 4.69) is 11.3 Å². The highest BCUT2D eigenvalue weighted by atomic mass is 32.1. The van der Waals surface area contributed by atoms with E-state index in [0.717, 1.165) is 38.3 Å². The van der Waals surface area contributed by atoms with Crippen LogP contribution in [0.4, 0.5) is 8.78 Å². The Morgan fingerprint density at radius 1 is 1.07 bits per heavy atom. The van der Waals surface area contributed by atoms with Gasteiger partial charge in [0, 0.05) is 59.4 Å². The zero-order valence-corrected chi connectivity index (χ0v) is 25.0. The molecule has 0 unspecified atom stereocenters. The highest BCUT2D eigenvalue weighted by Gasteiger charge is 2.30. The molecule has 44 heavy (non-hydrogen) atoms. The molecule has 1 aliphatic rings. The summed E-state index contributed by atoms with van der Waals surface area (Å²) in [4.78, 5) is 6.90. The summed E-state index contributed by atoms with van der Waals surface area (Å²) in [5, 5.41) is 22.6. The summed E-state index contributed by atoms with van der Waals surface area (Å²) in [7, 11) is 3.42. The van der Waals surface area contributed by atoms with Crippen molar-refractivity contribution in [2.24, 2.45) is 7.05 Å². The quantitative estimate of drug-likeness (QED) is 0.149. The molecule has 0 spiro atoms. The van der Waals surface area contributed by atoms with Crippen LogP contribution < -0.4 is 4.74 Å². The molecule has 0 saturated heterocycles. The lowest BCUT2D eigenvalue weighted by Crippen LogP contribution is -2.33. The number of benzene rings is 2. The van der Waals surface area contributed by atoms with Crippen molar-refractivity contribution in [3.8, 4) is 45.7 Å². The maximum atomic E-state index is 16.0. The average molecular weight is 612 g/mol. The Bertz CT molecular complexity index is 2090. The van der Waals surface area contributed by atoms with E-state index in [4.69, 9.17) is 19.6 Å². The second-order valence-corrected chi connectivity index (χ2v) is 11.6. The van der Waals surface area contributed by atoms with E-state index in [1.807, 2.05) is 65.2 Å². The summed E-state index contributed by atoms with van der Waals surface area (Å²) in [5.41, 5.74) is 4.92. The number of nitrogens with zero attached hydrogens (tertiary/aromatic N) is 7. The van der Waals surface area contributed by atoms with Crippen molar-refractivity contribution in [3.63, 3.8) is 0 Å². The van der Waals surface area contributed by atoms with Crippen LogP contribution in [0.25, 0.3) is 54.8 Å². The Hall–Kier alpha value is -4.86. The molecular formula is C32H27F2N7O2S. The van der Waals surface area contributed by atoms with Gasteiger partial charge in [-0.15, -0.1) is 11.3 Å². The summed E-state index contributed by atoms with van der Waals surface area (Å²) in [6.07, 6.45) is 4.06. The molecule has 12 heteroatoms. The monoisotopic (exact) mass is 611 g/mol. The van der Waals surface area contributed by atoms with Crippen LogP contribution in [-0.2, 0) is 18.3 Å². The standard InChI is InChI=1S/C32H27F2N7O2S/c1-18-26-15-24(38-41(26)8-7-40(18)17-35)31-29(28-23(34)13-21(33)14-27(28)43-10-9-42-3)32-22(6-11-44-32)30(37-31)19-4-5-25-20(12-19)16-36-39(25)2/h4-6,11-16,18H,7-10H2,1-3H3/t18-/m1/s1. The van der Waals surface area contributed by atoms with Crippen molar-refractivity contribution in [2.75, 3.05) is 26.9 Å². The first-order valence-electron chi connectivity index (χ1n) is 14.1. The molecule has 0 amide bonds. The highest BCUT2D eigenvalue weighted by molar-refractivity contribution is 7.18. The number of methoxy groups -OCH3 is 1. The van der Waals surface area contributed by atoms with E-state index in [1.54, 1.807) is 4.90 Å². The fourth-order valence-corrected chi connectivity index (χ4v) is 6.82. The minimum Gasteiger partial charge on any atom is -0.490 e. The molecule has 0 bridgehead atoms. The van der Waals surface area contributed by atoms with E-state index in [0.29, 0.717) is 35.7 Å². The van der Waals surface area contributed by atoms with Gasteiger partial charge >= 0.3 is 0 Å². The van der Waals surface area contributed by atoms with E-state index < -0.39 is 11.6 Å². The number of hydrogen-bond donors (Lipinski definition) is 0. The minimum atomic E-state index is -0.771. The number of rotatable bonds is 7. The third-order valence-corrected chi connectivity index (χ3v) is 9.00. The van der Waals surface area contributed by atoms with E-state index in [9.17, 15) is 9.65 Å². The second kappa shape index (κ2) is 11.0. The van der Waals surface area contributed by atoms with Gasteiger partial charge in [-0.3, -0.25) is 9.36 Å². The third-order valence-electron chi connectivity index (χ3n) is 8.07. The highest BCUT2D eigenvalue weighted by Crippen LogP contribution is 2.47. The van der Waals surface area contributed by atoms with Crippen LogP contribution in [0.2, 0.25) is 0 Å². The van der Waals surface area contributed by atoms with Crippen LogP contribution in [0.15, 0.2) is 54.0 Å². The van der Waals surface area contributed by atoms with Crippen LogP contribution in [-0.4, -0.2) is 56.3 Å². The second-order valence-electron chi connectivity index (χ2n) is 10.6. The zero-order valence-electron chi connectivity index (χ0n) is 24.2. The summed E-state index contributed by atoms with van der Waals surface area (Å²) in [5.74, 6) is -1.47. The van der Waals surface area contributed by atoms with Crippen LogP contribution in [0.5, 0.6) is 5.75 Å². The fraction of sp³-hybridized carbons (Fsp3) is 0.250. The molecule has 0 saturated carbocycles. The third kappa shape index (κ3) is 4.56. The van der Waals surface area contributed by atoms with Gasteiger partial charge in [-0.25, -0.2) is 13.8 Å². The fourth-order valence-electron chi connectivity index (χ4n) is 5.87. The number of aryl methyl sites for hydroxylation is 1. The van der Waals surface area contributed by atoms with Gasteiger partial charge in [0.2, 0.25) is 0 Å². The number of halogens is 2. The number of aromatic nitrogens is 5. The summed E-state index contributed by atoms with van der Waals surface area (Å²) < 4.78 is 46.0. The summed E-state index contributed by atoms with van der Waals surface area (Å²) in [6.45, 7) is 3.34. The van der Waals surface area contributed by atoms with Crippen molar-refractivity contribution in [1.82, 2.24) is 29.4 Å². The van der Waals surface area contributed by atoms with Gasteiger partial charge in [-0.05, 0) is 36.6 Å². The van der Waals surface area contributed by atoms with Crippen molar-refractivity contribution >= 4 is 32.3 Å². The lowest BCUT2D eigenvalue weighted by Gasteiger charge is -2.29. The van der Waals surface area contributed by atoms with Crippen LogP contribution in [0, 0.1) is 23.1 Å². The van der Waals surface area contributed by atoms with Crippen molar-refractivity contribution in [1.29, 1.82) is 5.26 Å². The normalized spacial score (nSPS) is 14.7. The summed E-state index contributed by atoms with van der Waals surface area (Å²) >= 11 is 1.44. The maximum Gasteiger partial charge on any atom is 0.180 e. The van der Waals surface area contributed by atoms with Gasteiger partial charge in [-0.1, -0.05) is 6.07 Å². The molecule has 0 fully saturated rings. The van der Waals surface area contributed by atoms with E-state index in [1.165, 1.54) is 24.5 Å². The van der Waals surface area contributed by atoms with Crippen LogP contribution in [0.1, 0.15) is 18.7 Å². The topological polar surface area (TPSA) is 94.0 Å². The van der Waals surface area contributed by atoms with Gasteiger partial charge in [-0.2, -0.15) is 15.5 Å². The van der Waals surface area contributed by atoms with Gasteiger partial charge in [0.05, 0.1) is 47.9 Å². The molecule has 1 aliphatic heterocycles. The van der Waals surface area contributed by atoms with Gasteiger partial charge in [0.15, 0.2) is 6.19 Å². The molecule has 4 aromatic heterocycles. The number of hydrogen-bond acceptors (Lipinski definition) is 8. The Balaban J connectivity index is 1.52. The molecule has 9 nitrogen and oxygen atoms in total. The number of pyridine rings is 1. The predicted octanol–water partition coefficient (Wildman–Crippen LogP) is 6.54. The maximum absolute atomic E-state index is 16.0. The molecule has 2 aromatic carbocycles. The Kier molecular flexibility index (Phi) is 6.99. The molecular weight excluding hydrogens is 584 g/mol. The van der Waals surface area contributed by atoms with Crippen molar-refractivity contribution in [2.45, 2.75) is 19.5 Å². The van der Waals surface area contributed by atoms with Crippen LogP contribution in [0.3, 0.4) is 0 Å². The largest absolute Gasteiger partial charge is 0.490 e. The van der Waals surface area contributed by atoms with E-state index in [-0.39, 0.29) is 30.6 Å². The van der Waals surface area contributed by atoms with Gasteiger partial charge < -0.3 is 14.4 Å². The summed E-state index contributed by atoms with van der Waals surface area (Å²) in [6, 6.07) is 11.7. The number of thiophene rings is 1. The average Bonchev–Trinajstić information content (AvgIpc) is 3.76. The number of ether oxygens (including phenoxy) is 2. The lowest BCUT2D eigenvalue weighted by molar-refractivity contribution is 0.146. The molecule has 7 rings (SSSR count). The van der Waals surface area contributed by atoms with Gasteiger partial charge in [0.1, 0.15) is 35.4 Å². The SMILES string of the molecule is COCCOc1cc(F)cc(F)c1-c1c(-c2cc3n(n2)CCN(C#N)[C@@H]3C)nc(-c2ccc3c(cnn3C)c2)c2ccsc12. The smallest absolute Gasteiger partial charge is 0.180 e. The molecule has 0 aliphatic carbocycles. The number of nitriles is 1. The Labute approximate surface area is 255 Å². The predicted molar refractivity (Wildman–Crippen MR) is 164 cm³/mol. The molecule has 0 N–H and O–H groups in total. The molecule has 222 valence electrons. The molecule has 0 radical (unpaired) electrons.